The van der Waals surface area contributed by atoms with Gasteiger partial charge >= 0.3 is 5.97 Å². The fourth-order valence-corrected chi connectivity index (χ4v) is 0.269. The number of nitrogens with two attached hydrogens (primary N) is 1. The average molecular weight is 225 g/mol. The van der Waals surface area contributed by atoms with Crippen LogP contribution in [0.15, 0.2) is 12.2 Å². The van der Waals surface area contributed by atoms with Gasteiger partial charge in [0.05, 0.1) is 6.26 Å². The number of hydrogen-bond acceptors (Lipinski definition) is 5. The highest BCUT2D eigenvalue weighted by Crippen LogP contribution is 1.92. The van der Waals surface area contributed by atoms with Gasteiger partial charge in [-0.3, -0.25) is 10.3 Å². The van der Waals surface area contributed by atoms with Gasteiger partial charge in [-0.25, -0.2) is 4.79 Å². The van der Waals surface area contributed by atoms with Crippen molar-refractivity contribution in [2.24, 2.45) is 5.73 Å². The van der Waals surface area contributed by atoms with Gasteiger partial charge in [0.1, 0.15) is 6.23 Å². The van der Waals surface area contributed by atoms with Crippen molar-refractivity contribution in [1.82, 2.24) is 0 Å². The minimum atomic E-state index is -3.67. The van der Waals surface area contributed by atoms with Crippen molar-refractivity contribution in [1.29, 1.82) is 0 Å². The highest BCUT2D eigenvalue weighted by atomic mass is 32.2. The summed E-state index contributed by atoms with van der Waals surface area (Å²) in [5, 5.41) is 0. The van der Waals surface area contributed by atoms with Crippen molar-refractivity contribution in [3.8, 4) is 0 Å². The first-order valence-corrected chi connectivity index (χ1v) is 5.43. The van der Waals surface area contributed by atoms with Crippen LogP contribution in [0.5, 0.6) is 0 Å². The lowest BCUT2D eigenvalue weighted by Crippen LogP contribution is -2.23. The Morgan fingerprint density at radius 1 is 1.57 bits per heavy atom. The topological polar surface area (TPSA) is 107 Å². The molecule has 0 radical (unpaired) electrons. The van der Waals surface area contributed by atoms with Crippen LogP contribution in [0.25, 0.3) is 0 Å². The molecule has 84 valence electrons. The third-order valence-corrected chi connectivity index (χ3v) is 0.641. The number of carbonyl (C=O) groups excluding carboxylic acids is 1. The molecule has 0 aromatic carbocycles. The highest BCUT2D eigenvalue weighted by molar-refractivity contribution is 7.85. The molecule has 0 saturated heterocycles. The molecule has 0 amide bonds. The van der Waals surface area contributed by atoms with Crippen LogP contribution in [-0.2, 0) is 19.6 Å². The van der Waals surface area contributed by atoms with Gasteiger partial charge in [-0.15, -0.1) is 0 Å². The van der Waals surface area contributed by atoms with Gasteiger partial charge in [0, 0.05) is 5.57 Å². The minimum Gasteiger partial charge on any atom is -0.444 e. The van der Waals surface area contributed by atoms with Crippen LogP contribution in [0, 0.1) is 0 Å². The van der Waals surface area contributed by atoms with Gasteiger partial charge in [-0.1, -0.05) is 6.58 Å². The van der Waals surface area contributed by atoms with Crippen LogP contribution in [-0.4, -0.2) is 31.4 Å². The number of rotatable bonds is 2. The molecule has 0 aromatic rings. The zero-order chi connectivity index (χ0) is 11.9. The number of hydrogen-bond donors (Lipinski definition) is 2. The third kappa shape index (κ3) is 22.5. The Hall–Kier alpha value is -0.920. The Morgan fingerprint density at radius 3 is 1.93 bits per heavy atom. The van der Waals surface area contributed by atoms with E-state index in [1.165, 1.54) is 0 Å². The quantitative estimate of drug-likeness (QED) is 0.294. The van der Waals surface area contributed by atoms with Crippen LogP contribution in [0.4, 0.5) is 0 Å². The summed E-state index contributed by atoms with van der Waals surface area (Å²) in [4.78, 5) is 10.6. The maximum absolute atomic E-state index is 10.6. The monoisotopic (exact) mass is 225 g/mol. The standard InChI is InChI=1S/C6H11NO2.CH4O3S/c1-4(2)6(8)9-5(3)7;1-5(2,3)4/h5H,1,7H2,2-3H3;1H3,(H,2,3,4). The van der Waals surface area contributed by atoms with Crippen LogP contribution >= 0.6 is 0 Å². The molecular formula is C7H15NO5S. The molecule has 0 aliphatic carbocycles. The summed E-state index contributed by atoms with van der Waals surface area (Å²) in [6, 6.07) is 0. The molecule has 0 aliphatic rings. The van der Waals surface area contributed by atoms with Crippen LogP contribution < -0.4 is 5.73 Å². The third-order valence-electron chi connectivity index (χ3n) is 0.641. The molecule has 0 bridgehead atoms. The molecule has 14 heavy (non-hydrogen) atoms. The van der Waals surface area contributed by atoms with Gasteiger partial charge in [0.15, 0.2) is 0 Å². The lowest BCUT2D eigenvalue weighted by Gasteiger charge is -2.05. The molecule has 0 aliphatic heterocycles. The van der Waals surface area contributed by atoms with E-state index in [-0.39, 0.29) is 0 Å². The summed E-state index contributed by atoms with van der Waals surface area (Å²) in [6.07, 6.45) is 0.168. The van der Waals surface area contributed by atoms with E-state index < -0.39 is 22.3 Å². The second-order valence-electron chi connectivity index (χ2n) is 2.62. The van der Waals surface area contributed by atoms with Gasteiger partial charge in [-0.2, -0.15) is 8.42 Å². The zero-order valence-corrected chi connectivity index (χ0v) is 9.17. The molecular weight excluding hydrogens is 210 g/mol. The van der Waals surface area contributed by atoms with E-state index in [4.69, 9.17) is 10.3 Å². The summed E-state index contributed by atoms with van der Waals surface area (Å²) < 4.78 is 30.4. The largest absolute Gasteiger partial charge is 0.444 e. The molecule has 3 N–H and O–H groups in total. The molecule has 0 saturated carbocycles. The van der Waals surface area contributed by atoms with E-state index >= 15 is 0 Å². The molecule has 7 heteroatoms. The van der Waals surface area contributed by atoms with E-state index in [9.17, 15) is 13.2 Å². The average Bonchev–Trinajstić information content (AvgIpc) is 1.80. The normalized spacial score (nSPS) is 12.1. The molecule has 1 unspecified atom stereocenters. The minimum absolute atomic E-state index is 0.368. The first-order valence-electron chi connectivity index (χ1n) is 3.58. The maximum Gasteiger partial charge on any atom is 0.334 e. The lowest BCUT2D eigenvalue weighted by atomic mass is 10.4. The first-order chi connectivity index (χ1) is 6.04. The number of carbonyl (C=O) groups is 1. The fourth-order valence-electron chi connectivity index (χ4n) is 0.269. The zero-order valence-electron chi connectivity index (χ0n) is 8.35. The Balaban J connectivity index is 0. The predicted molar refractivity (Wildman–Crippen MR) is 52.0 cm³/mol. The molecule has 0 fully saturated rings. The smallest absolute Gasteiger partial charge is 0.334 e. The number of ether oxygens (including phenoxy) is 1. The van der Waals surface area contributed by atoms with Crippen molar-refractivity contribution >= 4 is 16.1 Å². The molecule has 1 atom stereocenters. The lowest BCUT2D eigenvalue weighted by molar-refractivity contribution is -0.143. The maximum atomic E-state index is 10.6. The summed E-state index contributed by atoms with van der Waals surface area (Å²) in [5.41, 5.74) is 5.51. The number of esters is 1. The molecule has 0 aromatic heterocycles. The Labute approximate surface area is 83.5 Å². The summed E-state index contributed by atoms with van der Waals surface area (Å²) in [6.45, 7) is 6.54. The van der Waals surface area contributed by atoms with Gasteiger partial charge in [-0.05, 0) is 13.8 Å². The highest BCUT2D eigenvalue weighted by Gasteiger charge is 2.03. The second-order valence-corrected chi connectivity index (χ2v) is 4.09. The fraction of sp³-hybridized carbons (Fsp3) is 0.571. The van der Waals surface area contributed by atoms with Crippen molar-refractivity contribution in [3.05, 3.63) is 12.2 Å². The van der Waals surface area contributed by atoms with Crippen LogP contribution in [0.3, 0.4) is 0 Å². The van der Waals surface area contributed by atoms with E-state index in [2.05, 4.69) is 11.3 Å². The SMILES string of the molecule is C=C(C)C(=O)OC(C)N.CS(=O)(=O)O. The van der Waals surface area contributed by atoms with Crippen LogP contribution in [0.2, 0.25) is 0 Å². The summed E-state index contributed by atoms with van der Waals surface area (Å²) >= 11 is 0. The first kappa shape index (κ1) is 15.5. The van der Waals surface area contributed by atoms with E-state index in [1.807, 2.05) is 0 Å². The van der Waals surface area contributed by atoms with Gasteiger partial charge in [0.25, 0.3) is 10.1 Å². The van der Waals surface area contributed by atoms with Crippen molar-refractivity contribution in [2.45, 2.75) is 20.1 Å². The van der Waals surface area contributed by atoms with E-state index in [0.717, 1.165) is 0 Å². The van der Waals surface area contributed by atoms with Crippen molar-refractivity contribution in [3.63, 3.8) is 0 Å². The molecule has 0 rings (SSSR count). The second kappa shape index (κ2) is 6.52. The van der Waals surface area contributed by atoms with E-state index in [1.54, 1.807) is 13.8 Å². The van der Waals surface area contributed by atoms with Crippen molar-refractivity contribution < 1.29 is 22.5 Å². The predicted octanol–water partition coefficient (Wildman–Crippen LogP) is -0.0856. The molecule has 0 spiro atoms. The Kier molecular flexibility index (Phi) is 7.24. The Morgan fingerprint density at radius 2 is 1.86 bits per heavy atom. The van der Waals surface area contributed by atoms with Crippen LogP contribution in [0.1, 0.15) is 13.8 Å². The van der Waals surface area contributed by atoms with Gasteiger partial charge < -0.3 is 4.74 Å². The summed E-state index contributed by atoms with van der Waals surface area (Å²) in [5.74, 6) is -0.440. The van der Waals surface area contributed by atoms with Crippen molar-refractivity contribution in [2.75, 3.05) is 6.26 Å². The molecule has 6 nitrogen and oxygen atoms in total. The Bertz CT molecular complexity index is 285. The summed E-state index contributed by atoms with van der Waals surface area (Å²) in [7, 11) is -3.67. The van der Waals surface area contributed by atoms with Gasteiger partial charge in [0.2, 0.25) is 0 Å². The molecule has 0 heterocycles. The van der Waals surface area contributed by atoms with E-state index in [0.29, 0.717) is 11.8 Å².